The first kappa shape index (κ1) is 16.2. The van der Waals surface area contributed by atoms with Crippen LogP contribution in [-0.2, 0) is 5.75 Å². The number of hydrogen-bond acceptors (Lipinski definition) is 7. The Balaban J connectivity index is 1.38. The van der Waals surface area contributed by atoms with Crippen LogP contribution in [0, 0.1) is 0 Å². The molecule has 0 fully saturated rings. The smallest absolute Gasteiger partial charge is 0.253 e. The second kappa shape index (κ2) is 6.96. The van der Waals surface area contributed by atoms with Gasteiger partial charge in [0.05, 0.1) is 19.5 Å². The summed E-state index contributed by atoms with van der Waals surface area (Å²) in [5.41, 5.74) is 1.95. The van der Waals surface area contributed by atoms with Gasteiger partial charge in [0.2, 0.25) is 5.16 Å². The van der Waals surface area contributed by atoms with Gasteiger partial charge in [-0.25, -0.2) is 4.98 Å². The second-order valence-electron chi connectivity index (χ2n) is 6.03. The topological polar surface area (TPSA) is 74.7 Å². The van der Waals surface area contributed by atoms with Crippen LogP contribution in [0.3, 0.4) is 0 Å². The van der Waals surface area contributed by atoms with Gasteiger partial charge in [-0.2, -0.15) is 9.50 Å². The summed E-state index contributed by atoms with van der Waals surface area (Å²) >= 11 is 1.55. The molecule has 1 aliphatic heterocycles. The minimum atomic E-state index is 0.546. The molecule has 1 aliphatic rings. The molecule has 0 bridgehead atoms. The van der Waals surface area contributed by atoms with Crippen molar-refractivity contribution in [2.75, 3.05) is 13.2 Å². The van der Waals surface area contributed by atoms with Crippen LogP contribution >= 0.6 is 11.8 Å². The van der Waals surface area contributed by atoms with E-state index in [1.165, 1.54) is 0 Å². The fraction of sp³-hybridized carbons (Fsp3) is 0.211. The standard InChI is InChI=1S/C19H16N4O3S/c1-3-15(24-8-1)14-6-7-20-18-21-19(22-23(14)18)27-12-13-4-5-16-17(11-13)26-10-2-9-25-16/h1,3-8,11H,2,9-10,12H2. The van der Waals surface area contributed by atoms with E-state index in [1.807, 2.05) is 36.4 Å². The van der Waals surface area contributed by atoms with Crippen LogP contribution in [0.5, 0.6) is 11.5 Å². The third-order valence-corrected chi connectivity index (χ3v) is 5.08. The van der Waals surface area contributed by atoms with Crippen LogP contribution in [-0.4, -0.2) is 32.8 Å². The van der Waals surface area contributed by atoms with Gasteiger partial charge < -0.3 is 13.9 Å². The number of rotatable bonds is 4. The highest BCUT2D eigenvalue weighted by molar-refractivity contribution is 7.98. The van der Waals surface area contributed by atoms with Gasteiger partial charge in [0.1, 0.15) is 5.69 Å². The first-order valence-electron chi connectivity index (χ1n) is 8.64. The zero-order chi connectivity index (χ0) is 18.1. The second-order valence-corrected chi connectivity index (χ2v) is 6.98. The first-order chi connectivity index (χ1) is 13.4. The van der Waals surface area contributed by atoms with Crippen molar-refractivity contribution in [3.8, 4) is 23.0 Å². The molecule has 0 atom stereocenters. The molecule has 0 aliphatic carbocycles. The molecule has 0 radical (unpaired) electrons. The third kappa shape index (κ3) is 3.23. The van der Waals surface area contributed by atoms with E-state index in [-0.39, 0.29) is 0 Å². The summed E-state index contributed by atoms with van der Waals surface area (Å²) in [4.78, 5) is 8.80. The number of thioether (sulfide) groups is 1. The van der Waals surface area contributed by atoms with Gasteiger partial charge >= 0.3 is 0 Å². The molecule has 136 valence electrons. The molecule has 8 heteroatoms. The maximum Gasteiger partial charge on any atom is 0.253 e. The van der Waals surface area contributed by atoms with Crippen molar-refractivity contribution >= 4 is 17.5 Å². The average molecular weight is 380 g/mol. The van der Waals surface area contributed by atoms with Crippen LogP contribution < -0.4 is 9.47 Å². The lowest BCUT2D eigenvalue weighted by Crippen LogP contribution is -1.97. The largest absolute Gasteiger partial charge is 0.490 e. The average Bonchev–Trinajstić information content (AvgIpc) is 3.31. The predicted molar refractivity (Wildman–Crippen MR) is 100 cm³/mol. The Morgan fingerprint density at radius 2 is 2.00 bits per heavy atom. The summed E-state index contributed by atoms with van der Waals surface area (Å²) in [6, 6.07) is 11.6. The molecule has 0 amide bonds. The lowest BCUT2D eigenvalue weighted by atomic mass is 10.2. The van der Waals surface area contributed by atoms with Crippen LogP contribution in [0.15, 0.2) is 58.4 Å². The normalized spacial score (nSPS) is 13.6. The molecule has 0 unspecified atom stereocenters. The van der Waals surface area contributed by atoms with Gasteiger partial charge in [-0.05, 0) is 35.9 Å². The van der Waals surface area contributed by atoms with E-state index in [2.05, 4.69) is 15.1 Å². The highest BCUT2D eigenvalue weighted by atomic mass is 32.2. The molecule has 0 N–H and O–H groups in total. The summed E-state index contributed by atoms with van der Waals surface area (Å²) in [6.45, 7) is 1.37. The SMILES string of the molecule is c1coc(-c2ccnc3nc(SCc4ccc5c(c4)OCCCO5)nn23)c1. The number of ether oxygens (including phenoxy) is 2. The number of benzene rings is 1. The molecular weight excluding hydrogens is 364 g/mol. The number of fused-ring (bicyclic) bond motifs is 2. The highest BCUT2D eigenvalue weighted by Gasteiger charge is 2.14. The van der Waals surface area contributed by atoms with Gasteiger partial charge in [-0.3, -0.25) is 0 Å². The van der Waals surface area contributed by atoms with Crippen LogP contribution in [0.25, 0.3) is 17.2 Å². The molecule has 0 saturated heterocycles. The molecular formula is C19H16N4O3S. The van der Waals surface area contributed by atoms with Gasteiger partial charge in [0.15, 0.2) is 17.3 Å². The molecule has 5 rings (SSSR count). The summed E-state index contributed by atoms with van der Waals surface area (Å²) in [6.07, 6.45) is 4.24. The molecule has 1 aromatic carbocycles. The Bertz CT molecular complexity index is 1080. The molecule has 4 heterocycles. The van der Waals surface area contributed by atoms with E-state index in [0.29, 0.717) is 24.1 Å². The minimum Gasteiger partial charge on any atom is -0.490 e. The van der Waals surface area contributed by atoms with Gasteiger partial charge in [0, 0.05) is 18.4 Å². The lowest BCUT2D eigenvalue weighted by molar-refractivity contribution is 0.297. The van der Waals surface area contributed by atoms with E-state index in [4.69, 9.17) is 13.9 Å². The van der Waals surface area contributed by atoms with Gasteiger partial charge in [0.25, 0.3) is 5.78 Å². The Labute approximate surface area is 159 Å². The van der Waals surface area contributed by atoms with Crippen molar-refractivity contribution in [2.45, 2.75) is 17.3 Å². The quantitative estimate of drug-likeness (QED) is 0.498. The molecule has 4 aromatic rings. The molecule has 3 aromatic heterocycles. The third-order valence-electron chi connectivity index (χ3n) is 4.17. The van der Waals surface area contributed by atoms with E-state index >= 15 is 0 Å². The molecule has 7 nitrogen and oxygen atoms in total. The fourth-order valence-electron chi connectivity index (χ4n) is 2.89. The van der Waals surface area contributed by atoms with Crippen LogP contribution in [0.1, 0.15) is 12.0 Å². The summed E-state index contributed by atoms with van der Waals surface area (Å²) < 4.78 is 18.6. The van der Waals surface area contributed by atoms with Crippen molar-refractivity contribution in [2.24, 2.45) is 0 Å². The minimum absolute atomic E-state index is 0.546. The Kier molecular flexibility index (Phi) is 4.17. The fourth-order valence-corrected chi connectivity index (χ4v) is 3.65. The van der Waals surface area contributed by atoms with E-state index < -0.39 is 0 Å². The number of furan rings is 1. The van der Waals surface area contributed by atoms with Crippen molar-refractivity contribution in [3.05, 3.63) is 54.4 Å². The summed E-state index contributed by atoms with van der Waals surface area (Å²) in [5.74, 6) is 3.61. The predicted octanol–water partition coefficient (Wildman–Crippen LogP) is 3.84. The Morgan fingerprint density at radius 3 is 2.89 bits per heavy atom. The maximum atomic E-state index is 5.76. The van der Waals surface area contributed by atoms with Crippen molar-refractivity contribution in [1.82, 2.24) is 19.6 Å². The Morgan fingerprint density at radius 1 is 1.07 bits per heavy atom. The van der Waals surface area contributed by atoms with Crippen molar-refractivity contribution in [1.29, 1.82) is 0 Å². The summed E-state index contributed by atoms with van der Waals surface area (Å²) in [7, 11) is 0. The van der Waals surface area contributed by atoms with E-state index in [0.717, 1.165) is 40.7 Å². The lowest BCUT2D eigenvalue weighted by Gasteiger charge is -2.08. The van der Waals surface area contributed by atoms with Crippen LogP contribution in [0.2, 0.25) is 0 Å². The monoisotopic (exact) mass is 380 g/mol. The molecule has 27 heavy (non-hydrogen) atoms. The van der Waals surface area contributed by atoms with Crippen molar-refractivity contribution < 1.29 is 13.9 Å². The zero-order valence-corrected chi connectivity index (χ0v) is 15.2. The van der Waals surface area contributed by atoms with Crippen LogP contribution in [0.4, 0.5) is 0 Å². The van der Waals surface area contributed by atoms with Gasteiger partial charge in [-0.1, -0.05) is 17.8 Å². The van der Waals surface area contributed by atoms with Crippen molar-refractivity contribution in [3.63, 3.8) is 0 Å². The number of nitrogens with zero attached hydrogens (tertiary/aromatic N) is 4. The summed E-state index contributed by atoms with van der Waals surface area (Å²) in [5, 5.41) is 5.24. The number of hydrogen-bond donors (Lipinski definition) is 0. The van der Waals surface area contributed by atoms with E-state index in [9.17, 15) is 0 Å². The molecule has 0 spiro atoms. The Hall–Kier alpha value is -3.00. The first-order valence-corrected chi connectivity index (χ1v) is 9.62. The maximum absolute atomic E-state index is 5.76. The number of aromatic nitrogens is 4. The highest BCUT2D eigenvalue weighted by Crippen LogP contribution is 2.32. The van der Waals surface area contributed by atoms with Gasteiger partial charge in [-0.15, -0.1) is 5.10 Å². The van der Waals surface area contributed by atoms with E-state index in [1.54, 1.807) is 28.7 Å². The molecule has 0 saturated carbocycles. The zero-order valence-electron chi connectivity index (χ0n) is 14.4.